The van der Waals surface area contributed by atoms with Crippen LogP contribution in [0.4, 0.5) is 5.69 Å². The molecule has 0 spiro atoms. The second kappa shape index (κ2) is 8.72. The van der Waals surface area contributed by atoms with Crippen LogP contribution in [-0.2, 0) is 17.9 Å². The Bertz CT molecular complexity index is 862. The van der Waals surface area contributed by atoms with Crippen molar-refractivity contribution < 1.29 is 14.3 Å². The van der Waals surface area contributed by atoms with Crippen LogP contribution in [0.1, 0.15) is 21.5 Å². The summed E-state index contributed by atoms with van der Waals surface area (Å²) < 4.78 is 10.7. The molecule has 1 N–H and O–H groups in total. The lowest BCUT2D eigenvalue weighted by atomic mass is 10.1. The summed E-state index contributed by atoms with van der Waals surface area (Å²) in [4.78, 5) is 11.8. The van der Waals surface area contributed by atoms with E-state index in [0.29, 0.717) is 18.7 Å². The molecule has 0 aromatic heterocycles. The molecule has 26 heavy (non-hydrogen) atoms. The van der Waals surface area contributed by atoms with Gasteiger partial charge in [-0.1, -0.05) is 54.6 Å². The number of carbonyl (C=O) groups is 1. The molecule has 0 unspecified atom stereocenters. The van der Waals surface area contributed by atoms with E-state index in [0.717, 1.165) is 22.6 Å². The summed E-state index contributed by atoms with van der Waals surface area (Å²) in [5, 5.41) is 3.29. The molecular formula is C22H21NO3. The minimum atomic E-state index is -0.354. The van der Waals surface area contributed by atoms with Gasteiger partial charge in [0.1, 0.15) is 12.4 Å². The fraction of sp³-hybridized carbons (Fsp3) is 0.136. The van der Waals surface area contributed by atoms with E-state index in [2.05, 4.69) is 5.32 Å². The maximum atomic E-state index is 11.8. The van der Waals surface area contributed by atoms with Crippen LogP contribution in [-0.4, -0.2) is 13.1 Å². The molecule has 0 aliphatic heterocycles. The molecule has 0 atom stereocenters. The minimum Gasteiger partial charge on any atom is -0.489 e. The fourth-order valence-corrected chi connectivity index (χ4v) is 2.61. The van der Waals surface area contributed by atoms with Crippen LogP contribution >= 0.6 is 0 Å². The Morgan fingerprint density at radius 1 is 0.885 bits per heavy atom. The zero-order chi connectivity index (χ0) is 18.2. The van der Waals surface area contributed by atoms with Gasteiger partial charge >= 0.3 is 5.97 Å². The maximum absolute atomic E-state index is 11.8. The first-order valence-electron chi connectivity index (χ1n) is 8.43. The van der Waals surface area contributed by atoms with E-state index in [1.807, 2.05) is 72.8 Å². The van der Waals surface area contributed by atoms with Crippen molar-refractivity contribution in [3.63, 3.8) is 0 Å². The van der Waals surface area contributed by atoms with Crippen LogP contribution in [0, 0.1) is 0 Å². The van der Waals surface area contributed by atoms with E-state index < -0.39 is 0 Å². The van der Waals surface area contributed by atoms with Crippen LogP contribution in [0.3, 0.4) is 0 Å². The third-order valence-electron chi connectivity index (χ3n) is 3.96. The second-order valence-electron chi connectivity index (χ2n) is 5.81. The molecule has 0 fully saturated rings. The molecule has 4 nitrogen and oxygen atoms in total. The Labute approximate surface area is 153 Å². The highest BCUT2D eigenvalue weighted by molar-refractivity contribution is 5.95. The highest BCUT2D eigenvalue weighted by atomic mass is 16.5. The first kappa shape index (κ1) is 17.5. The smallest absolute Gasteiger partial charge is 0.339 e. The third kappa shape index (κ3) is 4.63. The molecule has 3 aromatic rings. The quantitative estimate of drug-likeness (QED) is 0.631. The Morgan fingerprint density at radius 3 is 2.42 bits per heavy atom. The van der Waals surface area contributed by atoms with Crippen molar-refractivity contribution in [3.05, 3.63) is 95.6 Å². The average molecular weight is 347 g/mol. The Morgan fingerprint density at radius 2 is 1.62 bits per heavy atom. The monoisotopic (exact) mass is 347 g/mol. The van der Waals surface area contributed by atoms with Gasteiger partial charge in [0.2, 0.25) is 0 Å². The van der Waals surface area contributed by atoms with Crippen molar-refractivity contribution in [1.82, 2.24) is 0 Å². The summed E-state index contributed by atoms with van der Waals surface area (Å²) in [6.07, 6.45) is 0. The largest absolute Gasteiger partial charge is 0.489 e. The van der Waals surface area contributed by atoms with Crippen molar-refractivity contribution in [2.75, 3.05) is 12.4 Å². The summed E-state index contributed by atoms with van der Waals surface area (Å²) in [5.74, 6) is 0.461. The number of ether oxygens (including phenoxy) is 2. The molecule has 0 amide bonds. The van der Waals surface area contributed by atoms with Gasteiger partial charge in [0, 0.05) is 12.2 Å². The van der Waals surface area contributed by atoms with Gasteiger partial charge in [0.25, 0.3) is 0 Å². The van der Waals surface area contributed by atoms with E-state index in [1.165, 1.54) is 7.11 Å². The van der Waals surface area contributed by atoms with Crippen LogP contribution in [0.15, 0.2) is 78.9 Å². The first-order valence-corrected chi connectivity index (χ1v) is 8.43. The summed E-state index contributed by atoms with van der Waals surface area (Å²) in [5.41, 5.74) is 3.46. The zero-order valence-corrected chi connectivity index (χ0v) is 14.6. The summed E-state index contributed by atoms with van der Waals surface area (Å²) >= 11 is 0. The van der Waals surface area contributed by atoms with Crippen molar-refractivity contribution in [2.45, 2.75) is 13.2 Å². The minimum absolute atomic E-state index is 0.354. The normalized spacial score (nSPS) is 10.2. The molecule has 0 radical (unpaired) electrons. The first-order chi connectivity index (χ1) is 12.8. The number of hydrogen-bond acceptors (Lipinski definition) is 4. The van der Waals surface area contributed by atoms with Gasteiger partial charge in [-0.15, -0.1) is 0 Å². The predicted molar refractivity (Wildman–Crippen MR) is 102 cm³/mol. The number of carbonyl (C=O) groups excluding carboxylic acids is 1. The molecule has 3 rings (SSSR count). The number of methoxy groups -OCH3 is 1. The molecule has 0 bridgehead atoms. The molecule has 132 valence electrons. The second-order valence-corrected chi connectivity index (χ2v) is 5.81. The van der Waals surface area contributed by atoms with Gasteiger partial charge in [-0.25, -0.2) is 4.79 Å². The Hall–Kier alpha value is -3.27. The predicted octanol–water partition coefficient (Wildman–Crippen LogP) is 4.66. The van der Waals surface area contributed by atoms with Crippen LogP contribution in [0.5, 0.6) is 5.75 Å². The number of esters is 1. The Kier molecular flexibility index (Phi) is 5.88. The highest BCUT2D eigenvalue weighted by Gasteiger charge is 2.10. The topological polar surface area (TPSA) is 47.6 Å². The van der Waals surface area contributed by atoms with E-state index >= 15 is 0 Å². The van der Waals surface area contributed by atoms with Crippen LogP contribution in [0.25, 0.3) is 0 Å². The Balaban J connectivity index is 1.63. The summed E-state index contributed by atoms with van der Waals surface area (Å²) in [6.45, 7) is 1.11. The number of para-hydroxylation sites is 1. The number of benzene rings is 3. The number of anilines is 1. The lowest BCUT2D eigenvalue weighted by Gasteiger charge is -2.12. The molecule has 3 aromatic carbocycles. The van der Waals surface area contributed by atoms with Gasteiger partial charge in [-0.3, -0.25) is 0 Å². The SMILES string of the molecule is COC(=O)c1ccccc1NCc1cccc(OCc2ccccc2)c1. The van der Waals surface area contributed by atoms with E-state index in [9.17, 15) is 4.79 Å². The van der Waals surface area contributed by atoms with E-state index in [-0.39, 0.29) is 5.97 Å². The highest BCUT2D eigenvalue weighted by Crippen LogP contribution is 2.19. The van der Waals surface area contributed by atoms with Crippen molar-refractivity contribution in [3.8, 4) is 5.75 Å². The number of hydrogen-bond donors (Lipinski definition) is 1. The molecule has 0 aliphatic rings. The van der Waals surface area contributed by atoms with Crippen molar-refractivity contribution in [2.24, 2.45) is 0 Å². The van der Waals surface area contributed by atoms with Gasteiger partial charge in [-0.2, -0.15) is 0 Å². The van der Waals surface area contributed by atoms with Crippen LogP contribution < -0.4 is 10.1 Å². The average Bonchev–Trinajstić information content (AvgIpc) is 2.71. The molecule has 4 heteroatoms. The maximum Gasteiger partial charge on any atom is 0.339 e. The van der Waals surface area contributed by atoms with E-state index in [1.54, 1.807) is 6.07 Å². The van der Waals surface area contributed by atoms with Gasteiger partial charge < -0.3 is 14.8 Å². The van der Waals surface area contributed by atoms with Gasteiger partial charge in [0.15, 0.2) is 0 Å². The standard InChI is InChI=1S/C22H21NO3/c1-25-22(24)20-12-5-6-13-21(20)23-15-18-10-7-11-19(14-18)26-16-17-8-3-2-4-9-17/h2-14,23H,15-16H2,1H3. The van der Waals surface area contributed by atoms with Gasteiger partial charge in [-0.05, 0) is 35.4 Å². The third-order valence-corrected chi connectivity index (χ3v) is 3.96. The number of rotatable bonds is 7. The van der Waals surface area contributed by atoms with Crippen molar-refractivity contribution >= 4 is 11.7 Å². The lowest BCUT2D eigenvalue weighted by molar-refractivity contribution is 0.0602. The molecule has 0 saturated heterocycles. The van der Waals surface area contributed by atoms with Crippen LogP contribution in [0.2, 0.25) is 0 Å². The molecule has 0 aliphatic carbocycles. The van der Waals surface area contributed by atoms with Crippen molar-refractivity contribution in [1.29, 1.82) is 0 Å². The fourth-order valence-electron chi connectivity index (χ4n) is 2.61. The molecule has 0 heterocycles. The summed E-state index contributed by atoms with van der Waals surface area (Å²) in [7, 11) is 1.38. The van der Waals surface area contributed by atoms with E-state index in [4.69, 9.17) is 9.47 Å². The molecular weight excluding hydrogens is 326 g/mol. The van der Waals surface area contributed by atoms with Gasteiger partial charge in [0.05, 0.1) is 12.7 Å². The lowest BCUT2D eigenvalue weighted by Crippen LogP contribution is -2.08. The zero-order valence-electron chi connectivity index (χ0n) is 14.6. The summed E-state index contributed by atoms with van der Waals surface area (Å²) in [6, 6.07) is 25.3. The molecule has 0 saturated carbocycles. The number of nitrogens with one attached hydrogen (secondary N) is 1.